The van der Waals surface area contributed by atoms with E-state index >= 15 is 0 Å². The number of esters is 1. The number of thioether (sulfide) groups is 1. The molecule has 2 aromatic carbocycles. The van der Waals surface area contributed by atoms with E-state index in [0.29, 0.717) is 27.6 Å². The van der Waals surface area contributed by atoms with Gasteiger partial charge >= 0.3 is 5.97 Å². The number of amides is 1. The summed E-state index contributed by atoms with van der Waals surface area (Å²) in [4.78, 5) is 26.5. The summed E-state index contributed by atoms with van der Waals surface area (Å²) < 4.78 is 13.0. The number of hydrogen-bond donors (Lipinski definition) is 1. The molecule has 10 heteroatoms. The Morgan fingerprint density at radius 3 is 2.46 bits per heavy atom. The highest BCUT2D eigenvalue weighted by Crippen LogP contribution is 2.40. The average Bonchev–Trinajstić information content (AvgIpc) is 3.67. The van der Waals surface area contributed by atoms with Gasteiger partial charge in [-0.3, -0.25) is 4.79 Å². The minimum Gasteiger partial charge on any atom is -0.490 e. The van der Waals surface area contributed by atoms with Crippen molar-refractivity contribution >= 4 is 40.0 Å². The van der Waals surface area contributed by atoms with Gasteiger partial charge in [-0.15, -0.1) is 21.5 Å². The molecule has 202 valence electrons. The number of benzene rings is 2. The zero-order valence-electron chi connectivity index (χ0n) is 22.1. The predicted molar refractivity (Wildman–Crippen MR) is 155 cm³/mol. The van der Waals surface area contributed by atoms with Crippen molar-refractivity contribution in [2.45, 2.75) is 43.9 Å². The number of nitrogens with one attached hydrogen (secondary N) is 1. The minimum atomic E-state index is -0.487. The molecule has 0 atom stereocenters. The molecule has 0 spiro atoms. The van der Waals surface area contributed by atoms with E-state index < -0.39 is 5.97 Å². The molecule has 1 aliphatic carbocycles. The third-order valence-corrected chi connectivity index (χ3v) is 8.71. The molecule has 0 radical (unpaired) electrons. The molecule has 2 heterocycles. The summed E-state index contributed by atoms with van der Waals surface area (Å²) in [5.41, 5.74) is 2.95. The molecule has 0 saturated heterocycles. The molecule has 1 fully saturated rings. The van der Waals surface area contributed by atoms with Crippen molar-refractivity contribution in [3.8, 4) is 28.3 Å². The number of thiophene rings is 1. The van der Waals surface area contributed by atoms with Crippen LogP contribution in [0.4, 0.5) is 5.00 Å². The fourth-order valence-electron chi connectivity index (χ4n) is 4.75. The molecular formula is C29H30N4O4S2. The summed E-state index contributed by atoms with van der Waals surface area (Å²) >= 11 is 2.64. The summed E-state index contributed by atoms with van der Waals surface area (Å²) in [5, 5.41) is 12.6. The predicted octanol–water partition coefficient (Wildman–Crippen LogP) is 6.36. The van der Waals surface area contributed by atoms with Crippen LogP contribution in [-0.4, -0.2) is 45.6 Å². The number of nitrogens with zero attached hydrogens (tertiary/aromatic N) is 3. The largest absolute Gasteiger partial charge is 0.490 e. The van der Waals surface area contributed by atoms with Crippen molar-refractivity contribution in [3.05, 3.63) is 65.0 Å². The van der Waals surface area contributed by atoms with E-state index in [0.717, 1.165) is 40.2 Å². The molecule has 0 unspecified atom stereocenters. The van der Waals surface area contributed by atoms with E-state index in [-0.39, 0.29) is 11.7 Å². The van der Waals surface area contributed by atoms with Crippen LogP contribution in [0, 0.1) is 6.92 Å². The number of methoxy groups -OCH3 is 1. The van der Waals surface area contributed by atoms with Gasteiger partial charge < -0.3 is 19.4 Å². The molecule has 0 aliphatic heterocycles. The molecule has 4 aromatic rings. The molecule has 39 heavy (non-hydrogen) atoms. The lowest BCUT2D eigenvalue weighted by Gasteiger charge is -2.13. The second-order valence-electron chi connectivity index (χ2n) is 9.35. The highest BCUT2D eigenvalue weighted by atomic mass is 32.2. The van der Waals surface area contributed by atoms with E-state index in [4.69, 9.17) is 9.47 Å². The van der Waals surface area contributed by atoms with Crippen LogP contribution < -0.4 is 10.1 Å². The van der Waals surface area contributed by atoms with Crippen molar-refractivity contribution < 1.29 is 19.1 Å². The standard InChI is InChI=1S/C29H30N4O4S2/c1-18-24(19-9-5-4-6-10-19)25(28(35)36-3)27(39-18)30-23(34)17-38-29-32-31-26(33(29)2)20-13-15-22(16-14-20)37-21-11-7-8-12-21/h4-6,9-10,13-16,21H,7-8,11-12,17H2,1-3H3,(H,30,34). The maximum Gasteiger partial charge on any atom is 0.341 e. The molecule has 2 aromatic heterocycles. The first kappa shape index (κ1) is 27.0. The minimum absolute atomic E-state index is 0.109. The first-order valence-electron chi connectivity index (χ1n) is 12.8. The van der Waals surface area contributed by atoms with Crippen molar-refractivity contribution in [1.82, 2.24) is 14.8 Å². The number of carbonyl (C=O) groups is 2. The first-order chi connectivity index (χ1) is 18.9. The second-order valence-corrected chi connectivity index (χ2v) is 11.5. The van der Waals surface area contributed by atoms with Gasteiger partial charge in [0, 0.05) is 23.1 Å². The Balaban J connectivity index is 1.25. The van der Waals surface area contributed by atoms with E-state index in [9.17, 15) is 9.59 Å². The third kappa shape index (κ3) is 6.02. The Labute approximate surface area is 235 Å². The Bertz CT molecular complexity index is 1460. The van der Waals surface area contributed by atoms with Crippen molar-refractivity contribution in [3.63, 3.8) is 0 Å². The number of aromatic nitrogens is 3. The lowest BCUT2D eigenvalue weighted by molar-refractivity contribution is -0.113. The van der Waals surface area contributed by atoms with E-state index in [2.05, 4.69) is 15.5 Å². The second kappa shape index (κ2) is 12.0. The fourth-order valence-corrected chi connectivity index (χ4v) is 6.54. The summed E-state index contributed by atoms with van der Waals surface area (Å²) in [6.45, 7) is 1.93. The Morgan fingerprint density at radius 1 is 1.05 bits per heavy atom. The Morgan fingerprint density at radius 2 is 1.77 bits per heavy atom. The SMILES string of the molecule is COC(=O)c1c(NC(=O)CSc2nnc(-c3ccc(OC4CCCC4)cc3)n2C)sc(C)c1-c1ccccc1. The number of aryl methyl sites for hydroxylation is 1. The average molecular weight is 563 g/mol. The highest BCUT2D eigenvalue weighted by Gasteiger charge is 2.25. The molecule has 1 N–H and O–H groups in total. The zero-order valence-corrected chi connectivity index (χ0v) is 23.7. The Hall–Kier alpha value is -3.63. The van der Waals surface area contributed by atoms with Crippen LogP contribution in [0.1, 0.15) is 40.9 Å². The van der Waals surface area contributed by atoms with Crippen molar-refractivity contribution in [2.24, 2.45) is 7.05 Å². The monoisotopic (exact) mass is 562 g/mol. The van der Waals surface area contributed by atoms with Crippen LogP contribution in [0.2, 0.25) is 0 Å². The van der Waals surface area contributed by atoms with Crippen molar-refractivity contribution in [1.29, 1.82) is 0 Å². The molecule has 5 rings (SSSR count). The number of ether oxygens (including phenoxy) is 2. The molecule has 1 amide bonds. The van der Waals surface area contributed by atoms with Gasteiger partial charge in [0.15, 0.2) is 11.0 Å². The van der Waals surface area contributed by atoms with Crippen LogP contribution in [0.3, 0.4) is 0 Å². The van der Waals surface area contributed by atoms with Crippen LogP contribution in [-0.2, 0) is 16.6 Å². The number of anilines is 1. The topological polar surface area (TPSA) is 95.3 Å². The van der Waals surface area contributed by atoms with Gasteiger partial charge in [-0.05, 0) is 62.4 Å². The smallest absolute Gasteiger partial charge is 0.341 e. The lowest BCUT2D eigenvalue weighted by atomic mass is 10.0. The van der Waals surface area contributed by atoms with Gasteiger partial charge in [0.25, 0.3) is 0 Å². The third-order valence-electron chi connectivity index (χ3n) is 6.67. The van der Waals surface area contributed by atoms with Crippen LogP contribution in [0.5, 0.6) is 5.75 Å². The molecule has 1 aliphatic rings. The van der Waals surface area contributed by atoms with Crippen molar-refractivity contribution in [2.75, 3.05) is 18.2 Å². The molecule has 0 bridgehead atoms. The van der Waals surface area contributed by atoms with Gasteiger partial charge in [0.2, 0.25) is 5.91 Å². The van der Waals surface area contributed by atoms with Gasteiger partial charge in [-0.2, -0.15) is 0 Å². The molecule has 1 saturated carbocycles. The zero-order chi connectivity index (χ0) is 27.4. The first-order valence-corrected chi connectivity index (χ1v) is 14.6. The number of rotatable bonds is 9. The van der Waals surface area contributed by atoms with Gasteiger partial charge in [-0.25, -0.2) is 4.79 Å². The van der Waals surface area contributed by atoms with E-state index in [1.54, 1.807) is 0 Å². The summed E-state index contributed by atoms with van der Waals surface area (Å²) in [6, 6.07) is 17.5. The van der Waals surface area contributed by atoms with Crippen LogP contribution >= 0.6 is 23.1 Å². The lowest BCUT2D eigenvalue weighted by Crippen LogP contribution is -2.16. The molecule has 8 nitrogen and oxygen atoms in total. The summed E-state index contributed by atoms with van der Waals surface area (Å²) in [7, 11) is 3.22. The van der Waals surface area contributed by atoms with Crippen LogP contribution in [0.25, 0.3) is 22.5 Å². The summed E-state index contributed by atoms with van der Waals surface area (Å²) in [5.74, 6) is 0.949. The van der Waals surface area contributed by atoms with E-state index in [1.807, 2.05) is 73.1 Å². The van der Waals surface area contributed by atoms with Crippen LogP contribution in [0.15, 0.2) is 59.8 Å². The fraction of sp³-hybridized carbons (Fsp3) is 0.310. The van der Waals surface area contributed by atoms with Gasteiger partial charge in [0.05, 0.1) is 19.0 Å². The Kier molecular flexibility index (Phi) is 8.33. The van der Waals surface area contributed by atoms with Gasteiger partial charge in [0.1, 0.15) is 16.3 Å². The highest BCUT2D eigenvalue weighted by molar-refractivity contribution is 7.99. The number of carbonyl (C=O) groups excluding carboxylic acids is 2. The maximum atomic E-state index is 12.9. The number of hydrogen-bond acceptors (Lipinski definition) is 8. The summed E-state index contributed by atoms with van der Waals surface area (Å²) in [6.07, 6.45) is 5.00. The van der Waals surface area contributed by atoms with Gasteiger partial charge in [-0.1, -0.05) is 42.1 Å². The normalized spacial score (nSPS) is 13.4. The quantitative estimate of drug-likeness (QED) is 0.187. The van der Waals surface area contributed by atoms with E-state index in [1.165, 1.54) is 43.1 Å². The maximum absolute atomic E-state index is 12.9. The molecular weight excluding hydrogens is 532 g/mol.